The summed E-state index contributed by atoms with van der Waals surface area (Å²) in [7, 11) is 3.19. The van der Waals surface area contributed by atoms with Crippen molar-refractivity contribution in [3.05, 3.63) is 53.1 Å². The van der Waals surface area contributed by atoms with Gasteiger partial charge in [-0.1, -0.05) is 18.2 Å². The van der Waals surface area contributed by atoms with E-state index in [1.807, 2.05) is 37.3 Å². The van der Waals surface area contributed by atoms with Crippen molar-refractivity contribution in [2.45, 2.75) is 13.8 Å². The van der Waals surface area contributed by atoms with E-state index in [4.69, 9.17) is 21.7 Å². The Bertz CT molecular complexity index is 760. The third-order valence-electron chi connectivity index (χ3n) is 3.66. The van der Waals surface area contributed by atoms with Crippen LogP contribution in [-0.4, -0.2) is 25.5 Å². The number of rotatable bonds is 5. The number of nitrogens with one attached hydrogen (secondary N) is 2. The van der Waals surface area contributed by atoms with E-state index in [1.54, 1.807) is 20.4 Å². The van der Waals surface area contributed by atoms with E-state index in [0.717, 1.165) is 16.8 Å². The number of hydrazone groups is 1. The standard InChI is InChI=1S/C18H21N3O2S/c1-12-7-5-9-15(13(12)2)20-18(24)21-19-11-14-8-6-10-16(22-3)17(14)23-4/h5-11H,1-4H3,(H2,20,21,24)/b19-11-. The highest BCUT2D eigenvalue weighted by atomic mass is 32.1. The number of methoxy groups -OCH3 is 2. The van der Waals surface area contributed by atoms with E-state index in [-0.39, 0.29) is 0 Å². The van der Waals surface area contributed by atoms with Crippen molar-refractivity contribution in [1.82, 2.24) is 5.43 Å². The Labute approximate surface area is 147 Å². The largest absolute Gasteiger partial charge is 0.493 e. The van der Waals surface area contributed by atoms with Gasteiger partial charge in [0.15, 0.2) is 16.6 Å². The Balaban J connectivity index is 2.04. The molecule has 0 radical (unpaired) electrons. The highest BCUT2D eigenvalue weighted by Crippen LogP contribution is 2.29. The molecule has 0 bridgehead atoms. The molecule has 0 saturated carbocycles. The first kappa shape index (κ1) is 17.7. The van der Waals surface area contributed by atoms with Gasteiger partial charge in [-0.05, 0) is 55.4 Å². The second-order valence-electron chi connectivity index (χ2n) is 5.15. The topological polar surface area (TPSA) is 54.9 Å². The lowest BCUT2D eigenvalue weighted by atomic mass is 10.1. The second kappa shape index (κ2) is 8.31. The van der Waals surface area contributed by atoms with E-state index >= 15 is 0 Å². The fraction of sp³-hybridized carbons (Fsp3) is 0.222. The van der Waals surface area contributed by atoms with Gasteiger partial charge < -0.3 is 14.8 Å². The van der Waals surface area contributed by atoms with Gasteiger partial charge in [0.2, 0.25) is 0 Å². The number of aryl methyl sites for hydroxylation is 1. The van der Waals surface area contributed by atoms with Crippen LogP contribution in [0.1, 0.15) is 16.7 Å². The monoisotopic (exact) mass is 343 g/mol. The summed E-state index contributed by atoms with van der Waals surface area (Å²) < 4.78 is 10.6. The number of ether oxygens (including phenoxy) is 2. The van der Waals surface area contributed by atoms with E-state index in [9.17, 15) is 0 Å². The van der Waals surface area contributed by atoms with Crippen molar-refractivity contribution in [2.75, 3.05) is 19.5 Å². The number of nitrogens with zero attached hydrogens (tertiary/aromatic N) is 1. The molecule has 2 aromatic carbocycles. The molecule has 24 heavy (non-hydrogen) atoms. The molecular formula is C18H21N3O2S. The van der Waals surface area contributed by atoms with E-state index in [1.165, 1.54) is 5.56 Å². The van der Waals surface area contributed by atoms with Gasteiger partial charge in [0, 0.05) is 11.3 Å². The molecule has 126 valence electrons. The summed E-state index contributed by atoms with van der Waals surface area (Å²) in [6, 6.07) is 11.6. The number of para-hydroxylation sites is 1. The average molecular weight is 343 g/mol. The van der Waals surface area contributed by atoms with Crippen molar-refractivity contribution in [1.29, 1.82) is 0 Å². The van der Waals surface area contributed by atoms with Crippen LogP contribution in [-0.2, 0) is 0 Å². The maximum atomic E-state index is 5.36. The molecule has 5 nitrogen and oxygen atoms in total. The van der Waals surface area contributed by atoms with Gasteiger partial charge in [0.05, 0.1) is 20.4 Å². The van der Waals surface area contributed by atoms with Crippen molar-refractivity contribution in [3.63, 3.8) is 0 Å². The molecule has 0 fully saturated rings. The number of hydrogen-bond donors (Lipinski definition) is 2. The van der Waals surface area contributed by atoms with Crippen LogP contribution in [0.25, 0.3) is 0 Å². The molecule has 0 aromatic heterocycles. The van der Waals surface area contributed by atoms with Crippen LogP contribution in [0.2, 0.25) is 0 Å². The fourth-order valence-electron chi connectivity index (χ4n) is 2.21. The first-order valence-electron chi connectivity index (χ1n) is 7.44. The van der Waals surface area contributed by atoms with Gasteiger partial charge in [-0.25, -0.2) is 0 Å². The Morgan fingerprint density at radius 3 is 2.54 bits per heavy atom. The van der Waals surface area contributed by atoms with Crippen LogP contribution >= 0.6 is 12.2 Å². The quantitative estimate of drug-likeness (QED) is 0.493. The summed E-state index contributed by atoms with van der Waals surface area (Å²) in [5, 5.41) is 7.72. The summed E-state index contributed by atoms with van der Waals surface area (Å²) in [6.07, 6.45) is 1.64. The average Bonchev–Trinajstić information content (AvgIpc) is 2.58. The van der Waals surface area contributed by atoms with Crippen LogP contribution in [0, 0.1) is 13.8 Å². The van der Waals surface area contributed by atoms with E-state index < -0.39 is 0 Å². The smallest absolute Gasteiger partial charge is 0.191 e. The summed E-state index contributed by atoms with van der Waals surface area (Å²) >= 11 is 5.27. The molecule has 0 aliphatic carbocycles. The lowest BCUT2D eigenvalue weighted by Crippen LogP contribution is -2.24. The van der Waals surface area contributed by atoms with Crippen molar-refractivity contribution >= 4 is 29.2 Å². The minimum Gasteiger partial charge on any atom is -0.493 e. The summed E-state index contributed by atoms with van der Waals surface area (Å²) in [4.78, 5) is 0. The summed E-state index contributed by atoms with van der Waals surface area (Å²) in [5.41, 5.74) is 6.91. The molecule has 0 aliphatic heterocycles. The van der Waals surface area contributed by atoms with E-state index in [2.05, 4.69) is 28.8 Å². The van der Waals surface area contributed by atoms with Crippen LogP contribution in [0.4, 0.5) is 5.69 Å². The zero-order chi connectivity index (χ0) is 17.5. The predicted molar refractivity (Wildman–Crippen MR) is 102 cm³/mol. The highest BCUT2D eigenvalue weighted by molar-refractivity contribution is 7.80. The zero-order valence-electron chi connectivity index (χ0n) is 14.2. The minimum atomic E-state index is 0.418. The number of benzene rings is 2. The third kappa shape index (κ3) is 4.23. The van der Waals surface area contributed by atoms with E-state index in [0.29, 0.717) is 16.6 Å². The fourth-order valence-corrected chi connectivity index (χ4v) is 2.37. The summed E-state index contributed by atoms with van der Waals surface area (Å²) in [6.45, 7) is 4.11. The first-order valence-corrected chi connectivity index (χ1v) is 7.85. The van der Waals surface area contributed by atoms with Crippen molar-refractivity contribution < 1.29 is 9.47 Å². The minimum absolute atomic E-state index is 0.418. The molecular weight excluding hydrogens is 322 g/mol. The van der Waals surface area contributed by atoms with Crippen LogP contribution in [0.15, 0.2) is 41.5 Å². The van der Waals surface area contributed by atoms with Crippen molar-refractivity contribution in [2.24, 2.45) is 5.10 Å². The van der Waals surface area contributed by atoms with Gasteiger partial charge >= 0.3 is 0 Å². The van der Waals surface area contributed by atoms with Crippen LogP contribution < -0.4 is 20.2 Å². The Kier molecular flexibility index (Phi) is 6.14. The Hall–Kier alpha value is -2.60. The molecule has 6 heteroatoms. The molecule has 2 N–H and O–H groups in total. The normalized spacial score (nSPS) is 10.5. The van der Waals surface area contributed by atoms with Gasteiger partial charge in [-0.15, -0.1) is 0 Å². The van der Waals surface area contributed by atoms with Gasteiger partial charge in [0.25, 0.3) is 0 Å². The highest BCUT2D eigenvalue weighted by Gasteiger charge is 2.07. The molecule has 2 aromatic rings. The molecule has 0 spiro atoms. The molecule has 0 atom stereocenters. The number of thiocarbonyl (C=S) groups is 1. The predicted octanol–water partition coefficient (Wildman–Crippen LogP) is 3.64. The zero-order valence-corrected chi connectivity index (χ0v) is 15.0. The van der Waals surface area contributed by atoms with Crippen LogP contribution in [0.3, 0.4) is 0 Å². The summed E-state index contributed by atoms with van der Waals surface area (Å²) in [5.74, 6) is 1.27. The lowest BCUT2D eigenvalue weighted by Gasteiger charge is -2.12. The number of hydrogen-bond acceptors (Lipinski definition) is 4. The maximum Gasteiger partial charge on any atom is 0.191 e. The molecule has 0 unspecified atom stereocenters. The lowest BCUT2D eigenvalue weighted by molar-refractivity contribution is 0.354. The molecule has 2 rings (SSSR count). The van der Waals surface area contributed by atoms with Crippen molar-refractivity contribution in [3.8, 4) is 11.5 Å². The SMILES string of the molecule is COc1cccc(/C=N\NC(=S)Nc2cccc(C)c2C)c1OC. The number of anilines is 1. The second-order valence-corrected chi connectivity index (χ2v) is 5.56. The van der Waals surface area contributed by atoms with Crippen LogP contribution in [0.5, 0.6) is 11.5 Å². The van der Waals surface area contributed by atoms with Gasteiger partial charge in [-0.3, -0.25) is 5.43 Å². The molecule has 0 saturated heterocycles. The molecule has 0 heterocycles. The maximum absolute atomic E-state index is 5.36. The molecule has 0 amide bonds. The van der Waals surface area contributed by atoms with Gasteiger partial charge in [0.1, 0.15) is 0 Å². The third-order valence-corrected chi connectivity index (χ3v) is 3.85. The first-order chi connectivity index (χ1) is 11.6. The Morgan fingerprint density at radius 1 is 1.08 bits per heavy atom. The Morgan fingerprint density at radius 2 is 1.83 bits per heavy atom. The molecule has 0 aliphatic rings. The van der Waals surface area contributed by atoms with Gasteiger partial charge in [-0.2, -0.15) is 5.10 Å².